The predicted molar refractivity (Wildman–Crippen MR) is 109 cm³/mol. The number of carboxylic acid groups (broad SMARTS) is 1. The number of likely N-dealkylation sites (tertiary alicyclic amines) is 1. The minimum atomic E-state index is -1.01. The molecule has 27 heavy (non-hydrogen) atoms. The number of carboxylic acids is 1. The van der Waals surface area contributed by atoms with Crippen LogP contribution >= 0.6 is 23.1 Å². The third kappa shape index (κ3) is 5.23. The predicted octanol–water partition coefficient (Wildman–Crippen LogP) is 3.65. The summed E-state index contributed by atoms with van der Waals surface area (Å²) in [4.78, 5) is 29.1. The number of thiazole rings is 1. The average Bonchev–Trinajstić information content (AvgIpc) is 3.20. The molecule has 3 rings (SSSR count). The zero-order chi connectivity index (χ0) is 19.4. The van der Waals surface area contributed by atoms with E-state index in [9.17, 15) is 9.59 Å². The molecule has 0 radical (unpaired) electrons. The summed E-state index contributed by atoms with van der Waals surface area (Å²) in [7, 11) is 0. The minimum absolute atomic E-state index is 0.0790. The lowest BCUT2D eigenvalue weighted by Crippen LogP contribution is -2.39. The van der Waals surface area contributed by atoms with Gasteiger partial charge in [0.1, 0.15) is 0 Å². The highest BCUT2D eigenvalue weighted by molar-refractivity contribution is 8.01. The van der Waals surface area contributed by atoms with E-state index in [4.69, 9.17) is 5.11 Å². The highest BCUT2D eigenvalue weighted by Gasteiger charge is 2.30. The number of anilines is 1. The highest BCUT2D eigenvalue weighted by atomic mass is 32.2. The molecule has 0 spiro atoms. The van der Waals surface area contributed by atoms with Crippen LogP contribution in [0.2, 0.25) is 0 Å². The molecular weight excluding hydrogens is 382 g/mol. The smallest absolute Gasteiger partial charge is 0.355 e. The van der Waals surface area contributed by atoms with Crippen molar-refractivity contribution in [3.05, 3.63) is 40.4 Å². The molecule has 0 aliphatic carbocycles. The molecular formula is C19H23N3O3S2. The van der Waals surface area contributed by atoms with Crippen molar-refractivity contribution in [2.45, 2.75) is 37.1 Å². The molecule has 2 heterocycles. The second-order valence-corrected chi connectivity index (χ2v) is 8.89. The molecule has 6 nitrogen and oxygen atoms in total. The number of rotatable bonds is 8. The van der Waals surface area contributed by atoms with Crippen LogP contribution in [0.4, 0.5) is 5.69 Å². The van der Waals surface area contributed by atoms with Gasteiger partial charge in [-0.15, -0.1) is 11.3 Å². The summed E-state index contributed by atoms with van der Waals surface area (Å²) in [6.45, 7) is 5.54. The van der Waals surface area contributed by atoms with Crippen molar-refractivity contribution in [1.29, 1.82) is 0 Å². The lowest BCUT2D eigenvalue weighted by Gasteiger charge is -2.25. The van der Waals surface area contributed by atoms with Gasteiger partial charge in [0, 0.05) is 42.4 Å². The fourth-order valence-corrected chi connectivity index (χ4v) is 5.09. The second-order valence-electron chi connectivity index (χ2n) is 6.69. The molecule has 2 N–H and O–H groups in total. The van der Waals surface area contributed by atoms with Crippen LogP contribution < -0.4 is 5.32 Å². The first kappa shape index (κ1) is 19.7. The first-order chi connectivity index (χ1) is 12.9. The van der Waals surface area contributed by atoms with Gasteiger partial charge in [-0.3, -0.25) is 4.79 Å². The molecule has 1 atom stereocenters. The van der Waals surface area contributed by atoms with Crippen LogP contribution in [0.25, 0.3) is 0 Å². The summed E-state index contributed by atoms with van der Waals surface area (Å²) in [5.41, 5.74) is 3.61. The van der Waals surface area contributed by atoms with E-state index in [0.29, 0.717) is 18.7 Å². The molecule has 0 saturated carbocycles. The van der Waals surface area contributed by atoms with Gasteiger partial charge < -0.3 is 15.3 Å². The highest BCUT2D eigenvalue weighted by Crippen LogP contribution is 2.25. The van der Waals surface area contributed by atoms with Crippen LogP contribution in [-0.2, 0) is 4.79 Å². The number of aromatic carboxylic acids is 1. The molecule has 1 amide bonds. The largest absolute Gasteiger partial charge is 0.476 e. The molecule has 0 unspecified atom stereocenters. The third-order valence-corrected chi connectivity index (χ3v) is 6.48. The Hall–Kier alpha value is -2.06. The normalized spacial score (nSPS) is 16.7. The maximum absolute atomic E-state index is 12.2. The Kier molecular flexibility index (Phi) is 6.38. The SMILES string of the molecule is Cc1cc(C)cc(NC[C@H]2CCC(=O)N2CCSc2nc(C(=O)O)cs2)c1. The molecule has 1 aromatic carbocycles. The Morgan fingerprint density at radius 3 is 2.78 bits per heavy atom. The number of aromatic nitrogens is 1. The van der Waals surface area contributed by atoms with Gasteiger partial charge in [0.05, 0.1) is 0 Å². The molecule has 1 saturated heterocycles. The van der Waals surface area contributed by atoms with Gasteiger partial charge >= 0.3 is 5.97 Å². The first-order valence-corrected chi connectivity index (χ1v) is 10.7. The molecule has 1 aliphatic rings. The van der Waals surface area contributed by atoms with E-state index in [-0.39, 0.29) is 17.6 Å². The Balaban J connectivity index is 1.51. The van der Waals surface area contributed by atoms with Crippen molar-refractivity contribution in [3.63, 3.8) is 0 Å². The molecule has 8 heteroatoms. The zero-order valence-corrected chi connectivity index (χ0v) is 17.0. The van der Waals surface area contributed by atoms with E-state index in [1.54, 1.807) is 5.38 Å². The number of benzene rings is 1. The quantitative estimate of drug-likeness (QED) is 0.653. The summed E-state index contributed by atoms with van der Waals surface area (Å²) in [6, 6.07) is 6.56. The third-order valence-electron chi connectivity index (χ3n) is 4.48. The Morgan fingerprint density at radius 1 is 1.37 bits per heavy atom. The lowest BCUT2D eigenvalue weighted by molar-refractivity contribution is -0.128. The Bertz CT molecular complexity index is 817. The molecule has 1 aliphatic heterocycles. The van der Waals surface area contributed by atoms with E-state index in [0.717, 1.165) is 23.0 Å². The molecule has 1 fully saturated rings. The number of amides is 1. The number of carbonyl (C=O) groups excluding carboxylic acids is 1. The number of hydrogen-bond donors (Lipinski definition) is 2. The van der Waals surface area contributed by atoms with Crippen molar-refractivity contribution in [3.8, 4) is 0 Å². The van der Waals surface area contributed by atoms with E-state index in [2.05, 4.69) is 42.3 Å². The molecule has 144 valence electrons. The van der Waals surface area contributed by atoms with Crippen LogP contribution in [0.3, 0.4) is 0 Å². The van der Waals surface area contributed by atoms with E-state index in [1.165, 1.54) is 34.2 Å². The Labute approximate surface area is 167 Å². The number of hydrogen-bond acceptors (Lipinski definition) is 6. The number of nitrogens with one attached hydrogen (secondary N) is 1. The van der Waals surface area contributed by atoms with Crippen LogP contribution in [0, 0.1) is 13.8 Å². The fourth-order valence-electron chi connectivity index (χ4n) is 3.28. The fraction of sp³-hybridized carbons (Fsp3) is 0.421. The maximum Gasteiger partial charge on any atom is 0.355 e. The Morgan fingerprint density at radius 2 is 2.11 bits per heavy atom. The van der Waals surface area contributed by atoms with Gasteiger partial charge in [-0.2, -0.15) is 0 Å². The van der Waals surface area contributed by atoms with Crippen LogP contribution in [0.5, 0.6) is 0 Å². The first-order valence-electron chi connectivity index (χ1n) is 8.85. The average molecular weight is 406 g/mol. The topological polar surface area (TPSA) is 82.5 Å². The van der Waals surface area contributed by atoms with Gasteiger partial charge in [0.2, 0.25) is 5.91 Å². The number of nitrogens with zero attached hydrogens (tertiary/aromatic N) is 2. The van der Waals surface area contributed by atoms with Crippen molar-refractivity contribution >= 4 is 40.7 Å². The minimum Gasteiger partial charge on any atom is -0.476 e. The van der Waals surface area contributed by atoms with Crippen molar-refractivity contribution in [2.75, 3.05) is 24.2 Å². The van der Waals surface area contributed by atoms with Crippen LogP contribution in [0.15, 0.2) is 27.9 Å². The molecule has 1 aromatic heterocycles. The van der Waals surface area contributed by atoms with Gasteiger partial charge in [-0.25, -0.2) is 9.78 Å². The van der Waals surface area contributed by atoms with Gasteiger partial charge in [0.15, 0.2) is 10.0 Å². The maximum atomic E-state index is 12.2. The summed E-state index contributed by atoms with van der Waals surface area (Å²) >= 11 is 2.83. The van der Waals surface area contributed by atoms with Crippen molar-refractivity contribution in [2.24, 2.45) is 0 Å². The summed E-state index contributed by atoms with van der Waals surface area (Å²) in [6.07, 6.45) is 1.45. The molecule has 0 bridgehead atoms. The summed E-state index contributed by atoms with van der Waals surface area (Å²) in [5, 5.41) is 13.9. The lowest BCUT2D eigenvalue weighted by atomic mass is 10.1. The van der Waals surface area contributed by atoms with E-state index in [1.807, 2.05) is 4.90 Å². The van der Waals surface area contributed by atoms with Gasteiger partial charge in [0.25, 0.3) is 0 Å². The van der Waals surface area contributed by atoms with Crippen LogP contribution in [-0.4, -0.2) is 51.8 Å². The monoisotopic (exact) mass is 405 g/mol. The van der Waals surface area contributed by atoms with E-state index >= 15 is 0 Å². The van der Waals surface area contributed by atoms with E-state index < -0.39 is 5.97 Å². The van der Waals surface area contributed by atoms with Gasteiger partial charge in [-0.05, 0) is 43.5 Å². The summed E-state index contributed by atoms with van der Waals surface area (Å²) in [5.74, 6) is -0.114. The molecule has 2 aromatic rings. The number of aryl methyl sites for hydroxylation is 2. The van der Waals surface area contributed by atoms with Crippen molar-refractivity contribution in [1.82, 2.24) is 9.88 Å². The van der Waals surface area contributed by atoms with Gasteiger partial charge in [-0.1, -0.05) is 17.8 Å². The second kappa shape index (κ2) is 8.75. The van der Waals surface area contributed by atoms with Crippen molar-refractivity contribution < 1.29 is 14.7 Å². The summed E-state index contributed by atoms with van der Waals surface area (Å²) < 4.78 is 0.726. The number of carbonyl (C=O) groups is 2. The zero-order valence-electron chi connectivity index (χ0n) is 15.4. The van der Waals surface area contributed by atoms with Crippen LogP contribution in [0.1, 0.15) is 34.5 Å². The number of thioether (sulfide) groups is 1. The standard InChI is InChI=1S/C19H23N3O3S2/c1-12-7-13(2)9-14(8-12)20-10-15-3-4-17(23)22(15)5-6-26-19-21-16(11-27-19)18(24)25/h7-9,11,15,20H,3-6,10H2,1-2H3,(H,24,25)/t15-/m1/s1.